The van der Waals surface area contributed by atoms with Crippen molar-refractivity contribution >= 4 is 12.0 Å². The predicted molar refractivity (Wildman–Crippen MR) is 84.6 cm³/mol. The maximum atomic E-state index is 13.2. The number of carbonyl (C=O) groups is 2. The zero-order chi connectivity index (χ0) is 16.9. The van der Waals surface area contributed by atoms with Gasteiger partial charge >= 0.3 is 6.09 Å². The molecule has 0 aromatic heterocycles. The summed E-state index contributed by atoms with van der Waals surface area (Å²) in [5, 5.41) is 5.35. The number of amides is 2. The van der Waals surface area contributed by atoms with Crippen molar-refractivity contribution in [3.05, 3.63) is 35.6 Å². The third kappa shape index (κ3) is 4.21. The van der Waals surface area contributed by atoms with Gasteiger partial charge in [0.25, 0.3) is 0 Å². The maximum Gasteiger partial charge on any atom is 0.407 e. The van der Waals surface area contributed by atoms with Crippen molar-refractivity contribution in [2.75, 3.05) is 13.7 Å². The third-order valence-electron chi connectivity index (χ3n) is 4.53. The van der Waals surface area contributed by atoms with Crippen LogP contribution in [-0.4, -0.2) is 31.7 Å². The first kappa shape index (κ1) is 17.2. The number of alkyl carbamates (subject to hydrolysis) is 1. The number of ether oxygens (including phenoxy) is 1. The van der Waals surface area contributed by atoms with E-state index in [1.807, 2.05) is 0 Å². The van der Waals surface area contributed by atoms with Crippen molar-refractivity contribution in [2.24, 2.45) is 0 Å². The predicted octanol–water partition coefficient (Wildman–Crippen LogP) is 2.50. The number of carbonyl (C=O) groups excluding carboxylic acids is 2. The molecule has 0 radical (unpaired) electrons. The molecule has 2 N–H and O–H groups in total. The lowest BCUT2D eigenvalue weighted by molar-refractivity contribution is -0.122. The first-order valence-corrected chi connectivity index (χ1v) is 7.85. The SMILES string of the molecule is COC(=O)N[C@@H](C)C(=O)NCC1(c2ccc(F)cc2)CCCC1. The van der Waals surface area contributed by atoms with Crippen LogP contribution < -0.4 is 10.6 Å². The van der Waals surface area contributed by atoms with Crippen LogP contribution in [0.2, 0.25) is 0 Å². The highest BCUT2D eigenvalue weighted by Crippen LogP contribution is 2.40. The van der Waals surface area contributed by atoms with Crippen LogP contribution in [0.15, 0.2) is 24.3 Å². The molecule has 126 valence electrons. The van der Waals surface area contributed by atoms with E-state index in [2.05, 4.69) is 15.4 Å². The Balaban J connectivity index is 2.01. The fourth-order valence-corrected chi connectivity index (χ4v) is 3.13. The fourth-order valence-electron chi connectivity index (χ4n) is 3.13. The van der Waals surface area contributed by atoms with E-state index in [4.69, 9.17) is 0 Å². The van der Waals surface area contributed by atoms with Gasteiger partial charge in [0, 0.05) is 12.0 Å². The summed E-state index contributed by atoms with van der Waals surface area (Å²) < 4.78 is 17.6. The second kappa shape index (κ2) is 7.44. The Kier molecular flexibility index (Phi) is 5.58. The van der Waals surface area contributed by atoms with Gasteiger partial charge in [-0.1, -0.05) is 25.0 Å². The van der Waals surface area contributed by atoms with Crippen LogP contribution >= 0.6 is 0 Å². The monoisotopic (exact) mass is 322 g/mol. The smallest absolute Gasteiger partial charge is 0.407 e. The summed E-state index contributed by atoms with van der Waals surface area (Å²) in [4.78, 5) is 23.3. The Hall–Kier alpha value is -2.11. The molecule has 0 bridgehead atoms. The lowest BCUT2D eigenvalue weighted by Crippen LogP contribution is -2.48. The highest BCUT2D eigenvalue weighted by atomic mass is 19.1. The Labute approximate surface area is 135 Å². The van der Waals surface area contributed by atoms with Crippen LogP contribution in [0.3, 0.4) is 0 Å². The summed E-state index contributed by atoms with van der Waals surface area (Å²) in [5.74, 6) is -0.523. The molecular formula is C17H23FN2O3. The van der Waals surface area contributed by atoms with E-state index in [9.17, 15) is 14.0 Å². The quantitative estimate of drug-likeness (QED) is 0.875. The number of nitrogens with one attached hydrogen (secondary N) is 2. The molecule has 1 aliphatic carbocycles. The molecule has 0 spiro atoms. The molecule has 6 heteroatoms. The molecular weight excluding hydrogens is 299 g/mol. The van der Waals surface area contributed by atoms with E-state index < -0.39 is 12.1 Å². The van der Waals surface area contributed by atoms with E-state index in [0.29, 0.717) is 6.54 Å². The van der Waals surface area contributed by atoms with Crippen molar-refractivity contribution in [1.82, 2.24) is 10.6 Å². The van der Waals surface area contributed by atoms with Gasteiger partial charge < -0.3 is 15.4 Å². The fraction of sp³-hybridized carbons (Fsp3) is 0.529. The Morgan fingerprint density at radius 3 is 2.43 bits per heavy atom. The van der Waals surface area contributed by atoms with Crippen molar-refractivity contribution in [3.8, 4) is 0 Å². The van der Waals surface area contributed by atoms with Gasteiger partial charge in [0.2, 0.25) is 5.91 Å². The van der Waals surface area contributed by atoms with E-state index >= 15 is 0 Å². The molecule has 0 aliphatic heterocycles. The molecule has 0 saturated heterocycles. The first-order valence-electron chi connectivity index (χ1n) is 7.85. The van der Waals surface area contributed by atoms with Crippen molar-refractivity contribution < 1.29 is 18.7 Å². The van der Waals surface area contributed by atoms with E-state index in [1.54, 1.807) is 19.1 Å². The molecule has 5 nitrogen and oxygen atoms in total. The van der Waals surface area contributed by atoms with Gasteiger partial charge in [-0.2, -0.15) is 0 Å². The minimum absolute atomic E-state index is 0.158. The summed E-state index contributed by atoms with van der Waals surface area (Å²) in [7, 11) is 1.25. The maximum absolute atomic E-state index is 13.2. The van der Waals surface area contributed by atoms with Crippen molar-refractivity contribution in [1.29, 1.82) is 0 Å². The van der Waals surface area contributed by atoms with Gasteiger partial charge in [-0.15, -0.1) is 0 Å². The number of rotatable bonds is 5. The number of methoxy groups -OCH3 is 1. The van der Waals surface area contributed by atoms with Gasteiger partial charge in [0.1, 0.15) is 11.9 Å². The minimum atomic E-state index is -0.672. The van der Waals surface area contributed by atoms with Gasteiger partial charge in [-0.25, -0.2) is 9.18 Å². The Morgan fingerprint density at radius 1 is 1.26 bits per heavy atom. The summed E-state index contributed by atoms with van der Waals surface area (Å²) in [6, 6.07) is 5.83. The number of hydrogen-bond donors (Lipinski definition) is 2. The van der Waals surface area contributed by atoms with Crippen LogP contribution in [0, 0.1) is 5.82 Å². The molecule has 0 heterocycles. The normalized spacial score (nSPS) is 17.3. The summed E-state index contributed by atoms with van der Waals surface area (Å²) in [6.45, 7) is 2.08. The first-order chi connectivity index (χ1) is 11.0. The molecule has 1 atom stereocenters. The van der Waals surface area contributed by atoms with E-state index in [-0.39, 0.29) is 17.1 Å². The molecule has 2 amide bonds. The highest BCUT2D eigenvalue weighted by Gasteiger charge is 2.36. The average molecular weight is 322 g/mol. The van der Waals surface area contributed by atoms with Crippen LogP contribution in [0.5, 0.6) is 0 Å². The number of halogens is 1. The molecule has 2 rings (SSSR count). The Morgan fingerprint density at radius 2 is 1.87 bits per heavy atom. The number of benzene rings is 1. The largest absolute Gasteiger partial charge is 0.453 e. The molecule has 1 saturated carbocycles. The molecule has 0 unspecified atom stereocenters. The molecule has 1 aromatic rings. The summed E-state index contributed by atoms with van der Waals surface area (Å²) in [5.41, 5.74) is 0.888. The standard InChI is InChI=1S/C17H23FN2O3/c1-12(20-16(22)23-2)15(21)19-11-17(9-3-4-10-17)13-5-7-14(18)8-6-13/h5-8,12H,3-4,9-11H2,1-2H3,(H,19,21)(H,20,22)/t12-/m0/s1. The summed E-state index contributed by atoms with van der Waals surface area (Å²) >= 11 is 0. The van der Waals surface area contributed by atoms with Crippen molar-refractivity contribution in [2.45, 2.75) is 44.1 Å². The van der Waals surface area contributed by atoms with Crippen molar-refractivity contribution in [3.63, 3.8) is 0 Å². The van der Waals surface area contributed by atoms with Gasteiger partial charge in [0.15, 0.2) is 0 Å². The molecule has 1 aromatic carbocycles. The lowest BCUT2D eigenvalue weighted by atomic mass is 9.78. The van der Waals surface area contributed by atoms with Crippen LogP contribution in [0.25, 0.3) is 0 Å². The number of hydrogen-bond acceptors (Lipinski definition) is 3. The van der Waals surface area contributed by atoms with Gasteiger partial charge in [-0.3, -0.25) is 4.79 Å². The zero-order valence-corrected chi connectivity index (χ0v) is 13.5. The topological polar surface area (TPSA) is 67.4 Å². The second-order valence-electron chi connectivity index (χ2n) is 6.07. The van der Waals surface area contributed by atoms with E-state index in [1.165, 1.54) is 19.2 Å². The molecule has 23 heavy (non-hydrogen) atoms. The van der Waals surface area contributed by atoms with E-state index in [0.717, 1.165) is 31.2 Å². The van der Waals surface area contributed by atoms with Gasteiger partial charge in [0.05, 0.1) is 7.11 Å². The Bertz CT molecular complexity index is 553. The van der Waals surface area contributed by atoms with Crippen LogP contribution in [0.1, 0.15) is 38.2 Å². The van der Waals surface area contributed by atoms with Crippen LogP contribution in [-0.2, 0) is 14.9 Å². The molecule has 1 fully saturated rings. The summed E-state index contributed by atoms with van der Waals surface area (Å²) in [6.07, 6.45) is 3.45. The lowest BCUT2D eigenvalue weighted by Gasteiger charge is -2.30. The second-order valence-corrected chi connectivity index (χ2v) is 6.07. The third-order valence-corrected chi connectivity index (χ3v) is 4.53. The van der Waals surface area contributed by atoms with Crippen LogP contribution in [0.4, 0.5) is 9.18 Å². The minimum Gasteiger partial charge on any atom is -0.453 e. The highest BCUT2D eigenvalue weighted by molar-refractivity contribution is 5.85. The average Bonchev–Trinajstić information content (AvgIpc) is 3.03. The van der Waals surface area contributed by atoms with Gasteiger partial charge in [-0.05, 0) is 37.5 Å². The zero-order valence-electron chi connectivity index (χ0n) is 13.5. The molecule has 1 aliphatic rings.